The molecule has 22 heavy (non-hydrogen) atoms. The van der Waals surface area contributed by atoms with Crippen molar-refractivity contribution < 1.29 is 17.9 Å². The highest BCUT2D eigenvalue weighted by atomic mass is 32.2. The van der Waals surface area contributed by atoms with Crippen molar-refractivity contribution in [3.63, 3.8) is 0 Å². The van der Waals surface area contributed by atoms with Gasteiger partial charge in [0.1, 0.15) is 24.2 Å². The van der Waals surface area contributed by atoms with E-state index in [1.807, 2.05) is 54.6 Å². The third-order valence-corrected chi connectivity index (χ3v) is 5.30. The Balaban J connectivity index is 1.54. The van der Waals surface area contributed by atoms with Gasteiger partial charge >= 0.3 is 0 Å². The Morgan fingerprint density at radius 2 is 1.64 bits per heavy atom. The van der Waals surface area contributed by atoms with E-state index in [0.717, 1.165) is 11.3 Å². The van der Waals surface area contributed by atoms with Crippen LogP contribution < -0.4 is 9.47 Å². The van der Waals surface area contributed by atoms with Crippen LogP contribution in [0.4, 0.5) is 0 Å². The molecule has 0 amide bonds. The summed E-state index contributed by atoms with van der Waals surface area (Å²) in [5, 5.41) is 0. The third-order valence-electron chi connectivity index (χ3n) is 3.57. The van der Waals surface area contributed by atoms with Crippen molar-refractivity contribution >= 4 is 9.84 Å². The Morgan fingerprint density at radius 1 is 0.955 bits per heavy atom. The number of ether oxygens (including phenoxy) is 2. The number of hydrogen-bond donors (Lipinski definition) is 0. The van der Waals surface area contributed by atoms with Crippen LogP contribution in [-0.4, -0.2) is 26.0 Å². The largest absolute Gasteiger partial charge is 0.489 e. The van der Waals surface area contributed by atoms with Gasteiger partial charge in [0.25, 0.3) is 0 Å². The van der Waals surface area contributed by atoms with Crippen molar-refractivity contribution in [3.8, 4) is 11.5 Å². The van der Waals surface area contributed by atoms with E-state index in [1.54, 1.807) is 0 Å². The molecule has 3 rings (SSSR count). The molecule has 1 aliphatic rings. The maximum atomic E-state index is 11.4. The molecule has 1 saturated heterocycles. The average molecular weight is 318 g/mol. The molecule has 0 bridgehead atoms. The average Bonchev–Trinajstić information content (AvgIpc) is 2.86. The lowest BCUT2D eigenvalue weighted by molar-refractivity contribution is 0.228. The van der Waals surface area contributed by atoms with E-state index in [2.05, 4.69) is 0 Å². The summed E-state index contributed by atoms with van der Waals surface area (Å²) in [7, 11) is -2.91. The van der Waals surface area contributed by atoms with E-state index in [9.17, 15) is 8.42 Å². The molecule has 1 unspecified atom stereocenters. The summed E-state index contributed by atoms with van der Waals surface area (Å²) in [4.78, 5) is 0. The molecule has 0 aromatic heterocycles. The molecule has 0 spiro atoms. The molecule has 4 nitrogen and oxygen atoms in total. The standard InChI is InChI=1S/C17H18O4S/c18-22(19)11-10-17(13-22)21-16-8-6-15(7-9-16)20-12-14-4-2-1-3-5-14/h1-9,17H,10-13H2. The first-order chi connectivity index (χ1) is 10.6. The highest BCUT2D eigenvalue weighted by Crippen LogP contribution is 2.23. The monoisotopic (exact) mass is 318 g/mol. The van der Waals surface area contributed by atoms with Gasteiger partial charge < -0.3 is 9.47 Å². The second-order valence-corrected chi connectivity index (χ2v) is 7.62. The molecule has 0 N–H and O–H groups in total. The zero-order chi connectivity index (χ0) is 15.4. The smallest absolute Gasteiger partial charge is 0.154 e. The Kier molecular flexibility index (Phi) is 4.34. The first-order valence-electron chi connectivity index (χ1n) is 7.25. The number of hydrogen-bond acceptors (Lipinski definition) is 4. The van der Waals surface area contributed by atoms with Gasteiger partial charge in [-0.2, -0.15) is 0 Å². The summed E-state index contributed by atoms with van der Waals surface area (Å²) < 4.78 is 34.2. The van der Waals surface area contributed by atoms with Crippen LogP contribution in [0.15, 0.2) is 54.6 Å². The van der Waals surface area contributed by atoms with E-state index in [4.69, 9.17) is 9.47 Å². The second-order valence-electron chi connectivity index (χ2n) is 5.39. The van der Waals surface area contributed by atoms with Crippen molar-refractivity contribution in [2.45, 2.75) is 19.1 Å². The first-order valence-corrected chi connectivity index (χ1v) is 9.07. The third kappa shape index (κ3) is 4.01. The van der Waals surface area contributed by atoms with Crippen LogP contribution in [0.25, 0.3) is 0 Å². The number of sulfone groups is 1. The lowest BCUT2D eigenvalue weighted by atomic mass is 10.2. The second kappa shape index (κ2) is 6.40. The first kappa shape index (κ1) is 14.9. The summed E-state index contributed by atoms with van der Waals surface area (Å²) in [5.41, 5.74) is 1.11. The van der Waals surface area contributed by atoms with Crippen LogP contribution in [0.3, 0.4) is 0 Å². The van der Waals surface area contributed by atoms with Gasteiger partial charge in [0.05, 0.1) is 11.5 Å². The fourth-order valence-corrected chi connectivity index (χ4v) is 3.99. The highest BCUT2D eigenvalue weighted by molar-refractivity contribution is 7.91. The van der Waals surface area contributed by atoms with Crippen molar-refractivity contribution in [2.24, 2.45) is 0 Å². The Bertz CT molecular complexity index is 708. The highest BCUT2D eigenvalue weighted by Gasteiger charge is 2.29. The number of rotatable bonds is 5. The van der Waals surface area contributed by atoms with Crippen molar-refractivity contribution in [1.29, 1.82) is 0 Å². The molecule has 0 aliphatic carbocycles. The fraction of sp³-hybridized carbons (Fsp3) is 0.294. The Labute approximate surface area is 130 Å². The van der Waals surface area contributed by atoms with Crippen LogP contribution in [0.2, 0.25) is 0 Å². The van der Waals surface area contributed by atoms with Crippen molar-refractivity contribution in [2.75, 3.05) is 11.5 Å². The topological polar surface area (TPSA) is 52.6 Å². The van der Waals surface area contributed by atoms with Gasteiger partial charge in [0, 0.05) is 0 Å². The molecule has 1 atom stereocenters. The fourth-order valence-electron chi connectivity index (χ4n) is 2.40. The van der Waals surface area contributed by atoms with Crippen molar-refractivity contribution in [1.82, 2.24) is 0 Å². The quantitative estimate of drug-likeness (QED) is 0.850. The van der Waals surface area contributed by atoms with Crippen LogP contribution in [0.1, 0.15) is 12.0 Å². The summed E-state index contributed by atoms with van der Waals surface area (Å²) in [6, 6.07) is 17.2. The lowest BCUT2D eigenvalue weighted by Gasteiger charge is -2.12. The molecule has 116 valence electrons. The molecule has 1 fully saturated rings. The summed E-state index contributed by atoms with van der Waals surface area (Å²) in [5.74, 6) is 1.76. The van der Waals surface area contributed by atoms with Crippen LogP contribution in [0.5, 0.6) is 11.5 Å². The predicted molar refractivity (Wildman–Crippen MR) is 84.9 cm³/mol. The summed E-state index contributed by atoms with van der Waals surface area (Å²) in [6.45, 7) is 0.516. The zero-order valence-corrected chi connectivity index (χ0v) is 13.0. The van der Waals surface area contributed by atoms with E-state index >= 15 is 0 Å². The minimum atomic E-state index is -2.91. The van der Waals surface area contributed by atoms with E-state index in [-0.39, 0.29) is 17.6 Å². The minimum absolute atomic E-state index is 0.110. The van der Waals surface area contributed by atoms with Gasteiger partial charge in [-0.3, -0.25) is 0 Å². The normalized spacial score (nSPS) is 19.7. The van der Waals surface area contributed by atoms with Gasteiger partial charge in [0.15, 0.2) is 9.84 Å². The van der Waals surface area contributed by atoms with E-state index < -0.39 is 9.84 Å². The zero-order valence-electron chi connectivity index (χ0n) is 12.1. The van der Waals surface area contributed by atoms with E-state index in [0.29, 0.717) is 18.8 Å². The molecule has 1 aliphatic heterocycles. The van der Waals surface area contributed by atoms with Crippen LogP contribution in [-0.2, 0) is 16.4 Å². The van der Waals surface area contributed by atoms with Gasteiger partial charge in [-0.1, -0.05) is 30.3 Å². The van der Waals surface area contributed by atoms with Crippen molar-refractivity contribution in [3.05, 3.63) is 60.2 Å². The molecule has 2 aromatic rings. The molecule has 5 heteroatoms. The maximum absolute atomic E-state index is 11.4. The molecule has 0 saturated carbocycles. The van der Waals surface area contributed by atoms with Gasteiger partial charge in [-0.25, -0.2) is 8.42 Å². The van der Waals surface area contributed by atoms with E-state index in [1.165, 1.54) is 0 Å². The van der Waals surface area contributed by atoms with Crippen LogP contribution >= 0.6 is 0 Å². The summed E-state index contributed by atoms with van der Waals surface area (Å²) in [6.07, 6.45) is 0.329. The summed E-state index contributed by atoms with van der Waals surface area (Å²) >= 11 is 0. The van der Waals surface area contributed by atoms with Gasteiger partial charge in [-0.15, -0.1) is 0 Å². The lowest BCUT2D eigenvalue weighted by Crippen LogP contribution is -2.17. The van der Waals surface area contributed by atoms with Crippen LogP contribution in [0, 0.1) is 0 Å². The molecular formula is C17H18O4S. The molecule has 2 aromatic carbocycles. The van der Waals surface area contributed by atoms with Gasteiger partial charge in [0.2, 0.25) is 0 Å². The molecule has 0 radical (unpaired) electrons. The molecule has 1 heterocycles. The molecular weight excluding hydrogens is 300 g/mol. The predicted octanol–water partition coefficient (Wildman–Crippen LogP) is 2.83. The number of benzene rings is 2. The Hall–Kier alpha value is -2.01. The Morgan fingerprint density at radius 3 is 2.27 bits per heavy atom. The SMILES string of the molecule is O=S1(=O)CCC(Oc2ccc(OCc3ccccc3)cc2)C1. The van der Waals surface area contributed by atoms with Gasteiger partial charge in [-0.05, 0) is 36.2 Å². The minimum Gasteiger partial charge on any atom is -0.489 e. The maximum Gasteiger partial charge on any atom is 0.154 e.